The Morgan fingerprint density at radius 2 is 1.42 bits per heavy atom. The molecule has 4 heterocycles. The summed E-state index contributed by atoms with van der Waals surface area (Å²) in [5, 5.41) is 14.4. The van der Waals surface area contributed by atoms with Crippen molar-refractivity contribution in [2.75, 3.05) is 64.2 Å². The minimum Gasteiger partial charge on any atom is -0.480 e. The van der Waals surface area contributed by atoms with Crippen molar-refractivity contribution < 1.29 is 24.3 Å². The van der Waals surface area contributed by atoms with Crippen molar-refractivity contribution in [2.24, 2.45) is 5.92 Å². The van der Waals surface area contributed by atoms with Crippen LogP contribution in [0.2, 0.25) is 0 Å². The number of nitrogens with one attached hydrogen (secondary N) is 1. The third-order valence-corrected chi connectivity index (χ3v) is 11.2. The van der Waals surface area contributed by atoms with Crippen LogP contribution in [0.3, 0.4) is 0 Å². The highest BCUT2D eigenvalue weighted by Crippen LogP contribution is 2.29. The summed E-state index contributed by atoms with van der Waals surface area (Å²) in [6.45, 7) is 6.29. The van der Waals surface area contributed by atoms with Crippen molar-refractivity contribution in [2.45, 2.75) is 57.2 Å². The third kappa shape index (κ3) is 7.79. The number of benzene rings is 3. The Labute approximate surface area is 293 Å². The summed E-state index contributed by atoms with van der Waals surface area (Å²) in [6.07, 6.45) is 3.85. The van der Waals surface area contributed by atoms with Gasteiger partial charge in [-0.2, -0.15) is 0 Å². The molecule has 264 valence electrons. The second kappa shape index (κ2) is 15.2. The van der Waals surface area contributed by atoms with Crippen LogP contribution in [-0.2, 0) is 27.3 Å². The number of anilines is 1. The molecule has 7 rings (SSSR count). The lowest BCUT2D eigenvalue weighted by Crippen LogP contribution is -2.55. The van der Waals surface area contributed by atoms with E-state index in [0.717, 1.165) is 66.6 Å². The maximum Gasteiger partial charge on any atom is 0.322 e. The van der Waals surface area contributed by atoms with Crippen LogP contribution in [0.25, 0.3) is 10.8 Å². The van der Waals surface area contributed by atoms with E-state index >= 15 is 0 Å². The first-order valence-electron chi connectivity index (χ1n) is 18.2. The Bertz CT molecular complexity index is 1710. The first-order chi connectivity index (χ1) is 24.3. The molecule has 0 aliphatic carbocycles. The number of amides is 4. The van der Waals surface area contributed by atoms with Gasteiger partial charge in [-0.15, -0.1) is 0 Å². The number of urea groups is 1. The van der Waals surface area contributed by atoms with Gasteiger partial charge in [0.15, 0.2) is 0 Å². The summed E-state index contributed by atoms with van der Waals surface area (Å²) in [5.74, 6) is -1.19. The van der Waals surface area contributed by atoms with E-state index in [4.69, 9.17) is 5.11 Å². The van der Waals surface area contributed by atoms with Gasteiger partial charge in [0.05, 0.1) is 12.5 Å². The van der Waals surface area contributed by atoms with Gasteiger partial charge in [0, 0.05) is 83.1 Å². The minimum absolute atomic E-state index is 0.00477. The van der Waals surface area contributed by atoms with Crippen LogP contribution in [-0.4, -0.2) is 124 Å². The van der Waals surface area contributed by atoms with Gasteiger partial charge in [0.2, 0.25) is 11.8 Å². The topological polar surface area (TPSA) is 117 Å². The summed E-state index contributed by atoms with van der Waals surface area (Å²) in [6, 6.07) is 22.8. The van der Waals surface area contributed by atoms with Crippen molar-refractivity contribution >= 4 is 40.3 Å². The summed E-state index contributed by atoms with van der Waals surface area (Å²) in [5.41, 5.74) is 3.02. The van der Waals surface area contributed by atoms with E-state index in [2.05, 4.69) is 40.5 Å². The van der Waals surface area contributed by atoms with E-state index in [1.807, 2.05) is 56.0 Å². The van der Waals surface area contributed by atoms with Gasteiger partial charge in [-0.05, 0) is 60.1 Å². The molecule has 0 spiro atoms. The van der Waals surface area contributed by atoms with Gasteiger partial charge in [0.1, 0.15) is 0 Å². The fourth-order valence-corrected chi connectivity index (χ4v) is 8.37. The maximum atomic E-state index is 14.2. The van der Waals surface area contributed by atoms with Crippen LogP contribution in [0.15, 0.2) is 66.7 Å². The minimum atomic E-state index is -0.788. The lowest BCUT2D eigenvalue weighted by molar-refractivity contribution is -0.143. The number of fused-ring (bicyclic) bond motifs is 2. The van der Waals surface area contributed by atoms with Crippen molar-refractivity contribution in [3.8, 4) is 0 Å². The number of para-hydroxylation sites is 1. The molecule has 2 N–H and O–H groups in total. The molecule has 11 nitrogen and oxygen atoms in total. The molecule has 50 heavy (non-hydrogen) atoms. The van der Waals surface area contributed by atoms with E-state index in [9.17, 15) is 19.2 Å². The van der Waals surface area contributed by atoms with Crippen LogP contribution in [0.5, 0.6) is 0 Å². The normalized spacial score (nSPS) is 20.4. The molecule has 0 saturated carbocycles. The predicted molar refractivity (Wildman–Crippen MR) is 192 cm³/mol. The highest BCUT2D eigenvalue weighted by molar-refractivity contribution is 5.92. The number of carboxylic acid groups (broad SMARTS) is 1. The van der Waals surface area contributed by atoms with Gasteiger partial charge in [-0.1, -0.05) is 60.7 Å². The van der Waals surface area contributed by atoms with Gasteiger partial charge >= 0.3 is 12.0 Å². The monoisotopic (exact) mass is 680 g/mol. The molecule has 3 aromatic rings. The standard InChI is InChI=1S/C39H48N6O5/c46-36(43-15-13-34(14-16-43)45-26-31-7-3-4-8-35(31)40-39(45)50)25-32(24-28-9-10-29-5-1-2-6-30(29)23-28)38(49)44-17-11-33(12-18-44)42-21-19-41(20-22-42)27-37(47)48/h1-10,23,32-34H,11-22,24-27H2,(H,40,50)(H,47,48)/t32-/m1/s1. The highest BCUT2D eigenvalue weighted by atomic mass is 16.4. The van der Waals surface area contributed by atoms with E-state index < -0.39 is 11.9 Å². The maximum absolute atomic E-state index is 14.2. The number of piperidine rings is 2. The molecule has 1 atom stereocenters. The summed E-state index contributed by atoms with van der Waals surface area (Å²) >= 11 is 0. The SMILES string of the molecule is O=C(O)CN1CCN(C2CCN(C(=O)[C@@H](CC(=O)N3CCC(N4Cc5ccccc5NC4=O)CC3)Cc3ccc4ccccc4c3)CC2)CC1. The molecule has 0 unspecified atom stereocenters. The molecule has 4 amide bonds. The van der Waals surface area contributed by atoms with Gasteiger partial charge in [-0.3, -0.25) is 24.2 Å². The number of nitrogens with zero attached hydrogens (tertiary/aromatic N) is 5. The van der Waals surface area contributed by atoms with Gasteiger partial charge < -0.3 is 25.1 Å². The molecule has 0 bridgehead atoms. The Morgan fingerprint density at radius 1 is 0.760 bits per heavy atom. The number of hydrogen-bond donors (Lipinski definition) is 2. The summed E-state index contributed by atoms with van der Waals surface area (Å²) in [4.78, 5) is 62.4. The molecule has 11 heteroatoms. The van der Waals surface area contributed by atoms with Crippen LogP contribution < -0.4 is 5.32 Å². The summed E-state index contributed by atoms with van der Waals surface area (Å²) in [7, 11) is 0. The van der Waals surface area contributed by atoms with E-state index in [0.29, 0.717) is 58.0 Å². The Balaban J connectivity index is 0.978. The van der Waals surface area contributed by atoms with Crippen LogP contribution >= 0.6 is 0 Å². The van der Waals surface area contributed by atoms with Crippen molar-refractivity contribution in [3.63, 3.8) is 0 Å². The van der Waals surface area contributed by atoms with E-state index in [1.165, 1.54) is 0 Å². The first kappa shape index (κ1) is 34.0. The molecule has 4 aliphatic rings. The van der Waals surface area contributed by atoms with Crippen molar-refractivity contribution in [3.05, 3.63) is 77.9 Å². The number of rotatable bonds is 9. The molecule has 3 aromatic carbocycles. The molecular formula is C39H48N6O5. The number of carbonyl (C=O) groups is 4. The number of likely N-dealkylation sites (tertiary alicyclic amines) is 2. The highest BCUT2D eigenvalue weighted by Gasteiger charge is 2.36. The Kier molecular flexibility index (Phi) is 10.3. The first-order valence-corrected chi connectivity index (χ1v) is 18.2. The Hall–Kier alpha value is -4.48. The lowest BCUT2D eigenvalue weighted by Gasteiger charge is -2.43. The zero-order valence-corrected chi connectivity index (χ0v) is 28.7. The molecule has 3 fully saturated rings. The van der Waals surface area contributed by atoms with Crippen LogP contribution in [0, 0.1) is 5.92 Å². The summed E-state index contributed by atoms with van der Waals surface area (Å²) < 4.78 is 0. The fraction of sp³-hybridized carbons (Fsp3) is 0.487. The largest absolute Gasteiger partial charge is 0.480 e. The number of carboxylic acids is 1. The second-order valence-electron chi connectivity index (χ2n) is 14.4. The number of hydrogen-bond acceptors (Lipinski definition) is 6. The fourth-order valence-electron chi connectivity index (χ4n) is 8.37. The average molecular weight is 681 g/mol. The molecule has 3 saturated heterocycles. The van der Waals surface area contributed by atoms with Crippen LogP contribution in [0.4, 0.5) is 10.5 Å². The second-order valence-corrected chi connectivity index (χ2v) is 14.4. The number of piperazine rings is 1. The lowest BCUT2D eigenvalue weighted by atomic mass is 9.91. The van der Waals surface area contributed by atoms with Crippen molar-refractivity contribution in [1.29, 1.82) is 0 Å². The number of aliphatic carboxylic acids is 1. The smallest absolute Gasteiger partial charge is 0.322 e. The van der Waals surface area contributed by atoms with Crippen molar-refractivity contribution in [1.82, 2.24) is 24.5 Å². The Morgan fingerprint density at radius 3 is 2.16 bits per heavy atom. The predicted octanol–water partition coefficient (Wildman–Crippen LogP) is 4.12. The van der Waals surface area contributed by atoms with Gasteiger partial charge in [-0.25, -0.2) is 4.79 Å². The number of carbonyl (C=O) groups excluding carboxylic acids is 3. The molecular weight excluding hydrogens is 632 g/mol. The van der Waals surface area contributed by atoms with Gasteiger partial charge in [0.25, 0.3) is 0 Å². The molecule has 4 aliphatic heterocycles. The van der Waals surface area contributed by atoms with E-state index in [1.54, 1.807) is 0 Å². The zero-order chi connectivity index (χ0) is 34.6. The third-order valence-electron chi connectivity index (χ3n) is 11.2. The molecule has 0 aromatic heterocycles. The average Bonchev–Trinajstić information content (AvgIpc) is 3.14. The zero-order valence-electron chi connectivity index (χ0n) is 28.7. The van der Waals surface area contributed by atoms with E-state index in [-0.39, 0.29) is 36.9 Å². The van der Waals surface area contributed by atoms with Crippen LogP contribution in [0.1, 0.15) is 43.2 Å². The molecule has 0 radical (unpaired) electrons. The quantitative estimate of drug-likeness (QED) is 0.350.